The molecule has 1 aliphatic rings. The number of hydrogen-bond acceptors (Lipinski definition) is 3. The van der Waals surface area contributed by atoms with Gasteiger partial charge in [-0.1, -0.05) is 0 Å². The van der Waals surface area contributed by atoms with E-state index in [1.54, 1.807) is 4.68 Å². The molecule has 0 aliphatic carbocycles. The maximum atomic E-state index is 11.7. The van der Waals surface area contributed by atoms with E-state index in [1.165, 1.54) is 4.90 Å². The number of rotatable bonds is 1. The van der Waals surface area contributed by atoms with Gasteiger partial charge in [0.15, 0.2) is 5.78 Å². The third kappa shape index (κ3) is 2.09. The third-order valence-corrected chi connectivity index (χ3v) is 2.71. The van der Waals surface area contributed by atoms with Crippen LogP contribution in [0.25, 0.3) is 0 Å². The van der Waals surface area contributed by atoms with Crippen LogP contribution in [0.15, 0.2) is 6.07 Å². The summed E-state index contributed by atoms with van der Waals surface area (Å²) in [5, 5.41) is 4.40. The van der Waals surface area contributed by atoms with Crippen LogP contribution in [0.4, 0.5) is 5.82 Å². The Morgan fingerprint density at radius 2 is 1.94 bits per heavy atom. The van der Waals surface area contributed by atoms with Gasteiger partial charge in [0, 0.05) is 6.07 Å². The van der Waals surface area contributed by atoms with Gasteiger partial charge in [0.2, 0.25) is 5.91 Å². The van der Waals surface area contributed by atoms with Gasteiger partial charge in [0.1, 0.15) is 5.82 Å². The predicted molar refractivity (Wildman–Crippen MR) is 63.9 cm³/mol. The van der Waals surface area contributed by atoms with Crippen LogP contribution in [-0.4, -0.2) is 28.0 Å². The molecule has 2 rings (SSSR count). The van der Waals surface area contributed by atoms with Crippen molar-refractivity contribution in [3.63, 3.8) is 0 Å². The van der Waals surface area contributed by atoms with Gasteiger partial charge in [0.05, 0.1) is 24.2 Å². The zero-order valence-corrected chi connectivity index (χ0v) is 10.6. The number of aromatic nitrogens is 2. The molecule has 1 aromatic rings. The summed E-state index contributed by atoms with van der Waals surface area (Å²) < 4.78 is 1.80. The zero-order valence-electron chi connectivity index (χ0n) is 10.6. The molecule has 17 heavy (non-hydrogen) atoms. The van der Waals surface area contributed by atoms with E-state index in [9.17, 15) is 9.59 Å². The first kappa shape index (κ1) is 11.8. The Hall–Kier alpha value is -1.65. The lowest BCUT2D eigenvalue weighted by atomic mass is 10.1. The molecule has 1 saturated heterocycles. The summed E-state index contributed by atoms with van der Waals surface area (Å²) in [4.78, 5) is 24.6. The Bertz CT molecular complexity index is 482. The van der Waals surface area contributed by atoms with Gasteiger partial charge in [0.25, 0.3) is 0 Å². The third-order valence-electron chi connectivity index (χ3n) is 2.71. The molecule has 1 fully saturated rings. The summed E-state index contributed by atoms with van der Waals surface area (Å²) >= 11 is 0. The van der Waals surface area contributed by atoms with Crippen LogP contribution >= 0.6 is 0 Å². The first-order valence-corrected chi connectivity index (χ1v) is 5.68. The molecule has 0 aromatic carbocycles. The predicted octanol–water partition coefficient (Wildman–Crippen LogP) is 1.25. The number of hydrogen-bond donors (Lipinski definition) is 0. The van der Waals surface area contributed by atoms with Crippen molar-refractivity contribution in [2.24, 2.45) is 0 Å². The van der Waals surface area contributed by atoms with E-state index in [0.29, 0.717) is 5.82 Å². The van der Waals surface area contributed by atoms with Crippen molar-refractivity contribution in [1.29, 1.82) is 0 Å². The minimum Gasteiger partial charge on any atom is -0.297 e. The summed E-state index contributed by atoms with van der Waals surface area (Å²) in [7, 11) is 0. The van der Waals surface area contributed by atoms with Crippen molar-refractivity contribution in [1.82, 2.24) is 9.78 Å². The fourth-order valence-electron chi connectivity index (χ4n) is 1.97. The maximum absolute atomic E-state index is 11.7. The molecule has 1 aliphatic heterocycles. The lowest BCUT2D eigenvalue weighted by Crippen LogP contribution is -2.32. The lowest BCUT2D eigenvalue weighted by Gasteiger charge is -2.25. The van der Waals surface area contributed by atoms with Crippen LogP contribution in [0.2, 0.25) is 0 Å². The molecule has 1 amide bonds. The van der Waals surface area contributed by atoms with E-state index in [2.05, 4.69) is 5.10 Å². The standard InChI is InChI=1S/C12H17N3O2/c1-8-5-10(15(13-8)12(2,3)4)14-7-9(16)6-11(14)17/h5H,6-7H2,1-4H3. The van der Waals surface area contributed by atoms with Crippen molar-refractivity contribution in [2.75, 3.05) is 11.4 Å². The molecule has 0 bridgehead atoms. The highest BCUT2D eigenvalue weighted by atomic mass is 16.2. The number of aryl methyl sites for hydroxylation is 1. The van der Waals surface area contributed by atoms with Crippen molar-refractivity contribution < 1.29 is 9.59 Å². The number of Topliss-reactive ketones (excluding diaryl/α,β-unsaturated/α-hetero) is 1. The SMILES string of the molecule is Cc1cc(N2CC(=O)CC2=O)n(C(C)(C)C)n1. The second-order valence-corrected chi connectivity index (χ2v) is 5.42. The maximum Gasteiger partial charge on any atom is 0.236 e. The number of carbonyl (C=O) groups is 2. The van der Waals surface area contributed by atoms with Crippen LogP contribution in [-0.2, 0) is 15.1 Å². The molecule has 5 nitrogen and oxygen atoms in total. The van der Waals surface area contributed by atoms with Crippen LogP contribution in [0.3, 0.4) is 0 Å². The second kappa shape index (κ2) is 3.68. The molecule has 0 unspecified atom stereocenters. The fraction of sp³-hybridized carbons (Fsp3) is 0.583. The summed E-state index contributed by atoms with van der Waals surface area (Å²) in [6.45, 7) is 8.11. The molecule has 0 atom stereocenters. The fourth-order valence-corrected chi connectivity index (χ4v) is 1.97. The average molecular weight is 235 g/mol. The van der Waals surface area contributed by atoms with E-state index in [0.717, 1.165) is 5.69 Å². The summed E-state index contributed by atoms with van der Waals surface area (Å²) in [5.41, 5.74) is 0.636. The number of ketones is 1. The van der Waals surface area contributed by atoms with E-state index in [1.807, 2.05) is 33.8 Å². The Morgan fingerprint density at radius 1 is 1.29 bits per heavy atom. The highest BCUT2D eigenvalue weighted by molar-refractivity contribution is 6.14. The first-order chi connectivity index (χ1) is 7.79. The monoisotopic (exact) mass is 235 g/mol. The Balaban J connectivity index is 2.45. The van der Waals surface area contributed by atoms with E-state index < -0.39 is 0 Å². The molecule has 0 saturated carbocycles. The highest BCUT2D eigenvalue weighted by Crippen LogP contribution is 2.26. The molecule has 92 valence electrons. The summed E-state index contributed by atoms with van der Waals surface area (Å²) in [6.07, 6.45) is 0.00830. The second-order valence-electron chi connectivity index (χ2n) is 5.42. The normalized spacial score (nSPS) is 17.1. The number of anilines is 1. The number of amides is 1. The lowest BCUT2D eigenvalue weighted by molar-refractivity contribution is -0.121. The van der Waals surface area contributed by atoms with Gasteiger partial charge in [-0.15, -0.1) is 0 Å². The average Bonchev–Trinajstić information content (AvgIpc) is 2.68. The molecule has 0 radical (unpaired) electrons. The van der Waals surface area contributed by atoms with Crippen molar-refractivity contribution >= 4 is 17.5 Å². The van der Waals surface area contributed by atoms with E-state index in [-0.39, 0.29) is 30.2 Å². The smallest absolute Gasteiger partial charge is 0.236 e. The molecular weight excluding hydrogens is 218 g/mol. The molecule has 0 spiro atoms. The Labute approximate surface area is 100 Å². The van der Waals surface area contributed by atoms with Crippen molar-refractivity contribution in [3.05, 3.63) is 11.8 Å². The minimum absolute atomic E-state index is 0.00830. The molecule has 0 N–H and O–H groups in total. The Kier molecular flexibility index (Phi) is 2.56. The Morgan fingerprint density at radius 3 is 2.41 bits per heavy atom. The van der Waals surface area contributed by atoms with Crippen molar-refractivity contribution in [3.8, 4) is 0 Å². The van der Waals surface area contributed by atoms with Gasteiger partial charge in [-0.25, -0.2) is 4.68 Å². The van der Waals surface area contributed by atoms with Gasteiger partial charge in [-0.2, -0.15) is 5.10 Å². The quantitative estimate of drug-likeness (QED) is 0.688. The van der Waals surface area contributed by atoms with E-state index in [4.69, 9.17) is 0 Å². The topological polar surface area (TPSA) is 55.2 Å². The highest BCUT2D eigenvalue weighted by Gasteiger charge is 2.33. The van der Waals surface area contributed by atoms with Gasteiger partial charge in [-0.05, 0) is 27.7 Å². The van der Waals surface area contributed by atoms with Crippen molar-refractivity contribution in [2.45, 2.75) is 39.7 Å². The van der Waals surface area contributed by atoms with Gasteiger partial charge in [-0.3, -0.25) is 14.5 Å². The van der Waals surface area contributed by atoms with Crippen LogP contribution in [0.1, 0.15) is 32.9 Å². The number of nitrogens with zero attached hydrogens (tertiary/aromatic N) is 3. The summed E-state index contributed by atoms with van der Waals surface area (Å²) in [6, 6.07) is 1.85. The molecular formula is C12H17N3O2. The van der Waals surface area contributed by atoms with Crippen LogP contribution in [0, 0.1) is 6.92 Å². The molecule has 5 heteroatoms. The van der Waals surface area contributed by atoms with Gasteiger partial charge >= 0.3 is 0 Å². The minimum atomic E-state index is -0.213. The largest absolute Gasteiger partial charge is 0.297 e. The van der Waals surface area contributed by atoms with E-state index >= 15 is 0 Å². The molecule has 2 heterocycles. The van der Waals surface area contributed by atoms with Gasteiger partial charge < -0.3 is 0 Å². The molecule has 1 aromatic heterocycles. The van der Waals surface area contributed by atoms with Crippen LogP contribution in [0.5, 0.6) is 0 Å². The summed E-state index contributed by atoms with van der Waals surface area (Å²) in [5.74, 6) is 0.542. The zero-order chi connectivity index (χ0) is 12.8. The first-order valence-electron chi connectivity index (χ1n) is 5.68. The van der Waals surface area contributed by atoms with Crippen LogP contribution < -0.4 is 4.90 Å². The number of carbonyl (C=O) groups excluding carboxylic acids is 2.